The van der Waals surface area contributed by atoms with Gasteiger partial charge >= 0.3 is 0 Å². The molecule has 2 aromatic rings. The third kappa shape index (κ3) is 2.66. The molecule has 1 aromatic carbocycles. The quantitative estimate of drug-likeness (QED) is 0.914. The molecule has 2 rings (SSSR count). The van der Waals surface area contributed by atoms with Crippen molar-refractivity contribution < 1.29 is 14.3 Å². The summed E-state index contributed by atoms with van der Waals surface area (Å²) in [6, 6.07) is 7.64. The van der Waals surface area contributed by atoms with Crippen LogP contribution < -0.4 is 4.74 Å². The van der Waals surface area contributed by atoms with Crippen LogP contribution >= 0.6 is 0 Å². The van der Waals surface area contributed by atoms with E-state index in [-0.39, 0.29) is 0 Å². The summed E-state index contributed by atoms with van der Waals surface area (Å²) in [7, 11) is 1.65. The molecular formula is C16H20O3. The maximum atomic E-state index is 10.4. The lowest BCUT2D eigenvalue weighted by Crippen LogP contribution is -2.02. The molecule has 0 radical (unpaired) electrons. The van der Waals surface area contributed by atoms with Gasteiger partial charge in [0.2, 0.25) is 0 Å². The standard InChI is InChI=1S/C16H20O3/c1-5-12-6-7-14(19-12)16(17)13-8-11(3)15(18-4)9-10(13)2/h6-9,16-17H,5H2,1-4H3. The van der Waals surface area contributed by atoms with Crippen molar-refractivity contribution in [3.05, 3.63) is 52.5 Å². The number of methoxy groups -OCH3 is 1. The third-order valence-corrected chi connectivity index (χ3v) is 3.38. The van der Waals surface area contributed by atoms with Crippen LogP contribution in [0.4, 0.5) is 0 Å². The van der Waals surface area contributed by atoms with Crippen molar-refractivity contribution in [3.8, 4) is 5.75 Å². The molecule has 0 saturated carbocycles. The van der Waals surface area contributed by atoms with Crippen molar-refractivity contribution in [3.63, 3.8) is 0 Å². The molecule has 0 aliphatic rings. The average Bonchev–Trinajstić information content (AvgIpc) is 2.89. The number of rotatable bonds is 4. The largest absolute Gasteiger partial charge is 0.496 e. The number of aliphatic hydroxyl groups is 1. The molecule has 1 atom stereocenters. The van der Waals surface area contributed by atoms with E-state index >= 15 is 0 Å². The van der Waals surface area contributed by atoms with E-state index in [9.17, 15) is 5.11 Å². The molecule has 19 heavy (non-hydrogen) atoms. The summed E-state index contributed by atoms with van der Waals surface area (Å²) in [6.07, 6.45) is 0.0952. The Morgan fingerprint density at radius 2 is 1.95 bits per heavy atom. The highest BCUT2D eigenvalue weighted by atomic mass is 16.5. The normalized spacial score (nSPS) is 12.5. The second-order valence-electron chi connectivity index (χ2n) is 4.74. The molecule has 1 N–H and O–H groups in total. The first-order valence-corrected chi connectivity index (χ1v) is 6.48. The van der Waals surface area contributed by atoms with Crippen LogP contribution in [0.3, 0.4) is 0 Å². The number of aryl methyl sites for hydroxylation is 3. The molecule has 0 bridgehead atoms. The minimum Gasteiger partial charge on any atom is -0.496 e. The fourth-order valence-corrected chi connectivity index (χ4v) is 2.21. The second kappa shape index (κ2) is 5.49. The molecule has 1 heterocycles. The topological polar surface area (TPSA) is 42.6 Å². The predicted molar refractivity (Wildman–Crippen MR) is 74.6 cm³/mol. The highest BCUT2D eigenvalue weighted by Gasteiger charge is 2.18. The van der Waals surface area contributed by atoms with Crippen molar-refractivity contribution in [2.45, 2.75) is 33.3 Å². The molecule has 0 aliphatic carbocycles. The van der Waals surface area contributed by atoms with E-state index in [1.807, 2.05) is 45.0 Å². The Morgan fingerprint density at radius 1 is 1.21 bits per heavy atom. The molecule has 0 saturated heterocycles. The van der Waals surface area contributed by atoms with Gasteiger partial charge in [-0.25, -0.2) is 0 Å². The van der Waals surface area contributed by atoms with E-state index < -0.39 is 6.10 Å². The maximum absolute atomic E-state index is 10.4. The zero-order valence-electron chi connectivity index (χ0n) is 11.9. The maximum Gasteiger partial charge on any atom is 0.137 e. The monoisotopic (exact) mass is 260 g/mol. The summed E-state index contributed by atoms with van der Waals surface area (Å²) < 4.78 is 10.9. The number of aliphatic hydroxyl groups excluding tert-OH is 1. The second-order valence-corrected chi connectivity index (χ2v) is 4.74. The highest BCUT2D eigenvalue weighted by Crippen LogP contribution is 2.31. The van der Waals surface area contributed by atoms with E-state index in [4.69, 9.17) is 9.15 Å². The van der Waals surface area contributed by atoms with E-state index in [1.165, 1.54) is 0 Å². The smallest absolute Gasteiger partial charge is 0.137 e. The van der Waals surface area contributed by atoms with Gasteiger partial charge in [-0.3, -0.25) is 0 Å². The Morgan fingerprint density at radius 3 is 2.53 bits per heavy atom. The fraction of sp³-hybridized carbons (Fsp3) is 0.375. The SMILES string of the molecule is CCc1ccc(C(O)c2cc(C)c(OC)cc2C)o1. The average molecular weight is 260 g/mol. The molecule has 3 nitrogen and oxygen atoms in total. The van der Waals surface area contributed by atoms with Crippen LogP contribution in [0, 0.1) is 13.8 Å². The summed E-state index contributed by atoms with van der Waals surface area (Å²) in [5.41, 5.74) is 2.85. The van der Waals surface area contributed by atoms with Gasteiger partial charge in [0.05, 0.1) is 7.11 Å². The van der Waals surface area contributed by atoms with Crippen molar-refractivity contribution >= 4 is 0 Å². The zero-order chi connectivity index (χ0) is 14.0. The van der Waals surface area contributed by atoms with Crippen LogP contribution in [0.15, 0.2) is 28.7 Å². The Kier molecular flexibility index (Phi) is 3.96. The molecule has 1 unspecified atom stereocenters. The number of benzene rings is 1. The molecular weight excluding hydrogens is 240 g/mol. The number of hydrogen-bond acceptors (Lipinski definition) is 3. The molecule has 1 aromatic heterocycles. The summed E-state index contributed by atoms with van der Waals surface area (Å²) >= 11 is 0. The minimum atomic E-state index is -0.732. The Balaban J connectivity index is 2.38. The molecule has 102 valence electrons. The Bertz CT molecular complexity index is 569. The van der Waals surface area contributed by atoms with Crippen LogP contribution in [0.1, 0.15) is 41.2 Å². The fourth-order valence-electron chi connectivity index (χ4n) is 2.21. The lowest BCUT2D eigenvalue weighted by Gasteiger charge is -2.15. The summed E-state index contributed by atoms with van der Waals surface area (Å²) in [6.45, 7) is 5.95. The number of furan rings is 1. The zero-order valence-corrected chi connectivity index (χ0v) is 11.9. The van der Waals surface area contributed by atoms with Gasteiger partial charge in [0.25, 0.3) is 0 Å². The molecule has 0 amide bonds. The van der Waals surface area contributed by atoms with Gasteiger partial charge in [-0.2, -0.15) is 0 Å². The van der Waals surface area contributed by atoms with Crippen LogP contribution in [0.25, 0.3) is 0 Å². The van der Waals surface area contributed by atoms with Gasteiger partial charge in [-0.15, -0.1) is 0 Å². The Hall–Kier alpha value is -1.74. The first-order chi connectivity index (χ1) is 9.06. The van der Waals surface area contributed by atoms with Gasteiger partial charge in [0.15, 0.2) is 0 Å². The first-order valence-electron chi connectivity index (χ1n) is 6.48. The van der Waals surface area contributed by atoms with Gasteiger partial charge in [-0.1, -0.05) is 6.92 Å². The minimum absolute atomic E-state index is 0.588. The van der Waals surface area contributed by atoms with E-state index in [2.05, 4.69) is 0 Å². The molecule has 3 heteroatoms. The van der Waals surface area contributed by atoms with Gasteiger partial charge in [0.1, 0.15) is 23.4 Å². The predicted octanol–water partition coefficient (Wildman–Crippen LogP) is 3.55. The lowest BCUT2D eigenvalue weighted by molar-refractivity contribution is 0.186. The molecule has 0 aliphatic heterocycles. The van der Waals surface area contributed by atoms with E-state index in [1.54, 1.807) is 7.11 Å². The van der Waals surface area contributed by atoms with Crippen molar-refractivity contribution in [2.24, 2.45) is 0 Å². The van der Waals surface area contributed by atoms with E-state index in [0.717, 1.165) is 34.6 Å². The van der Waals surface area contributed by atoms with Crippen molar-refractivity contribution in [1.29, 1.82) is 0 Å². The van der Waals surface area contributed by atoms with Crippen molar-refractivity contribution in [1.82, 2.24) is 0 Å². The Labute approximate surface area is 113 Å². The summed E-state index contributed by atoms with van der Waals surface area (Å²) in [5.74, 6) is 2.31. The number of hydrogen-bond donors (Lipinski definition) is 1. The van der Waals surface area contributed by atoms with Gasteiger partial charge in [0, 0.05) is 6.42 Å². The molecule has 0 spiro atoms. The molecule has 0 fully saturated rings. The van der Waals surface area contributed by atoms with Crippen LogP contribution in [0.5, 0.6) is 5.75 Å². The van der Waals surface area contributed by atoms with Crippen LogP contribution in [0.2, 0.25) is 0 Å². The van der Waals surface area contributed by atoms with Gasteiger partial charge in [-0.05, 0) is 54.8 Å². The number of ether oxygens (including phenoxy) is 1. The third-order valence-electron chi connectivity index (χ3n) is 3.38. The summed E-state index contributed by atoms with van der Waals surface area (Å²) in [4.78, 5) is 0. The van der Waals surface area contributed by atoms with Crippen LogP contribution in [-0.4, -0.2) is 12.2 Å². The van der Waals surface area contributed by atoms with Crippen LogP contribution in [-0.2, 0) is 6.42 Å². The first kappa shape index (κ1) is 13.7. The van der Waals surface area contributed by atoms with Gasteiger partial charge < -0.3 is 14.3 Å². The summed E-state index contributed by atoms with van der Waals surface area (Å²) in [5, 5.41) is 10.4. The lowest BCUT2D eigenvalue weighted by atomic mass is 9.98. The van der Waals surface area contributed by atoms with Crippen molar-refractivity contribution in [2.75, 3.05) is 7.11 Å². The highest BCUT2D eigenvalue weighted by molar-refractivity contribution is 5.44. The van der Waals surface area contributed by atoms with E-state index in [0.29, 0.717) is 5.76 Å².